The Balaban J connectivity index is 1.93. The molecule has 1 atom stereocenters. The number of hydrogen-bond acceptors (Lipinski definition) is 4. The molecule has 0 saturated carbocycles. The van der Waals surface area contributed by atoms with Crippen molar-refractivity contribution in [3.63, 3.8) is 0 Å². The van der Waals surface area contributed by atoms with Crippen LogP contribution < -0.4 is 14.8 Å². The van der Waals surface area contributed by atoms with Crippen molar-refractivity contribution < 1.29 is 19.1 Å². The first-order valence-corrected chi connectivity index (χ1v) is 7.31. The van der Waals surface area contributed by atoms with E-state index in [1.165, 1.54) is 0 Å². The predicted octanol–water partition coefficient (Wildman–Crippen LogP) is 0.983. The van der Waals surface area contributed by atoms with Crippen LogP contribution in [0.15, 0.2) is 18.2 Å². The van der Waals surface area contributed by atoms with Crippen molar-refractivity contribution in [3.8, 4) is 11.5 Å². The summed E-state index contributed by atoms with van der Waals surface area (Å²) < 4.78 is 10.6. The maximum atomic E-state index is 12.0. The van der Waals surface area contributed by atoms with Crippen molar-refractivity contribution in [1.29, 1.82) is 0 Å². The fourth-order valence-corrected chi connectivity index (χ4v) is 2.62. The Bertz CT molecular complexity index is 559. The van der Waals surface area contributed by atoms with Gasteiger partial charge in [0.2, 0.25) is 11.8 Å². The van der Waals surface area contributed by atoms with Crippen molar-refractivity contribution in [1.82, 2.24) is 10.2 Å². The highest BCUT2D eigenvalue weighted by Crippen LogP contribution is 2.31. The maximum absolute atomic E-state index is 12.0. The molecule has 1 heterocycles. The second-order valence-electron chi connectivity index (χ2n) is 5.32. The largest absolute Gasteiger partial charge is 0.493 e. The van der Waals surface area contributed by atoms with Gasteiger partial charge in [0.15, 0.2) is 11.5 Å². The molecule has 1 aliphatic heterocycles. The third-order valence-electron chi connectivity index (χ3n) is 3.87. The zero-order chi connectivity index (χ0) is 16.1. The first-order chi connectivity index (χ1) is 10.6. The molecule has 2 amide bonds. The number of ether oxygens (including phenoxy) is 2. The van der Waals surface area contributed by atoms with Crippen LogP contribution in [0.3, 0.4) is 0 Å². The Labute approximate surface area is 130 Å². The smallest absolute Gasteiger partial charge is 0.244 e. The van der Waals surface area contributed by atoms with E-state index in [2.05, 4.69) is 5.32 Å². The zero-order valence-electron chi connectivity index (χ0n) is 13.2. The number of amides is 2. The van der Waals surface area contributed by atoms with Gasteiger partial charge >= 0.3 is 0 Å². The van der Waals surface area contributed by atoms with Crippen LogP contribution in [0.2, 0.25) is 0 Å². The van der Waals surface area contributed by atoms with E-state index in [-0.39, 0.29) is 17.9 Å². The van der Waals surface area contributed by atoms with E-state index in [0.717, 1.165) is 5.56 Å². The van der Waals surface area contributed by atoms with E-state index < -0.39 is 0 Å². The molecule has 2 rings (SSSR count). The summed E-state index contributed by atoms with van der Waals surface area (Å²) in [7, 11) is 4.90. The minimum absolute atomic E-state index is 0.0210. The summed E-state index contributed by atoms with van der Waals surface area (Å²) in [5, 5.41) is 2.79. The molecule has 0 radical (unpaired) electrons. The lowest BCUT2D eigenvalue weighted by atomic mass is 10.1. The molecule has 1 aromatic carbocycles. The number of carbonyl (C=O) groups excluding carboxylic acids is 2. The molecule has 0 aromatic heterocycles. The standard InChI is InChI=1S/C16H22N2O4/c1-18-10-9-12(16(18)20)17-14(19)8-7-11-5-4-6-13(21-2)15(11)22-3/h4-6,12H,7-10H2,1-3H3,(H,17,19). The number of benzene rings is 1. The van der Waals surface area contributed by atoms with Crippen LogP contribution in [-0.2, 0) is 16.0 Å². The number of likely N-dealkylation sites (N-methyl/N-ethyl adjacent to an activating group) is 1. The number of nitrogens with zero attached hydrogens (tertiary/aromatic N) is 1. The van der Waals surface area contributed by atoms with Gasteiger partial charge in [0.05, 0.1) is 14.2 Å². The van der Waals surface area contributed by atoms with Crippen molar-refractivity contribution in [2.75, 3.05) is 27.8 Å². The average molecular weight is 306 g/mol. The normalized spacial score (nSPS) is 17.5. The molecule has 0 bridgehead atoms. The van der Waals surface area contributed by atoms with Crippen LogP contribution in [-0.4, -0.2) is 50.6 Å². The maximum Gasteiger partial charge on any atom is 0.244 e. The van der Waals surface area contributed by atoms with E-state index in [0.29, 0.717) is 37.3 Å². The summed E-state index contributed by atoms with van der Waals surface area (Å²) in [6, 6.07) is 5.20. The lowest BCUT2D eigenvalue weighted by molar-refractivity contribution is -0.131. The van der Waals surface area contributed by atoms with E-state index in [1.807, 2.05) is 18.2 Å². The summed E-state index contributed by atoms with van der Waals surface area (Å²) in [5.74, 6) is 1.15. The number of methoxy groups -OCH3 is 2. The van der Waals surface area contributed by atoms with Gasteiger partial charge in [-0.05, 0) is 24.5 Å². The van der Waals surface area contributed by atoms with Gasteiger partial charge in [-0.1, -0.05) is 12.1 Å². The minimum atomic E-state index is -0.385. The first-order valence-electron chi connectivity index (χ1n) is 7.31. The van der Waals surface area contributed by atoms with Crippen LogP contribution in [0.4, 0.5) is 0 Å². The highest BCUT2D eigenvalue weighted by Gasteiger charge is 2.29. The summed E-state index contributed by atoms with van der Waals surface area (Å²) in [5.41, 5.74) is 0.909. The third kappa shape index (κ3) is 3.50. The summed E-state index contributed by atoms with van der Waals surface area (Å²) in [6.07, 6.45) is 1.50. The Morgan fingerprint density at radius 1 is 1.36 bits per heavy atom. The number of carbonyl (C=O) groups is 2. The molecule has 1 aliphatic rings. The minimum Gasteiger partial charge on any atom is -0.493 e. The molecule has 1 aromatic rings. The summed E-state index contributed by atoms with van der Waals surface area (Å²) >= 11 is 0. The highest BCUT2D eigenvalue weighted by atomic mass is 16.5. The van der Waals surface area contributed by atoms with Crippen LogP contribution in [0, 0.1) is 0 Å². The van der Waals surface area contributed by atoms with Crippen LogP contribution in [0.1, 0.15) is 18.4 Å². The number of rotatable bonds is 6. The van der Waals surface area contributed by atoms with Gasteiger partial charge in [-0.15, -0.1) is 0 Å². The quantitative estimate of drug-likeness (QED) is 0.851. The lowest BCUT2D eigenvalue weighted by Gasteiger charge is -2.14. The number of para-hydroxylation sites is 1. The topological polar surface area (TPSA) is 67.9 Å². The molecule has 120 valence electrons. The van der Waals surface area contributed by atoms with Crippen molar-refractivity contribution in [3.05, 3.63) is 23.8 Å². The van der Waals surface area contributed by atoms with Gasteiger partial charge in [-0.2, -0.15) is 0 Å². The molecule has 6 nitrogen and oxygen atoms in total. The average Bonchev–Trinajstić information content (AvgIpc) is 2.84. The Kier molecular flexibility index (Phi) is 5.25. The molecular weight excluding hydrogens is 284 g/mol. The van der Waals surface area contributed by atoms with Gasteiger partial charge < -0.3 is 19.7 Å². The SMILES string of the molecule is COc1cccc(CCC(=O)NC2CCN(C)C2=O)c1OC. The van der Waals surface area contributed by atoms with E-state index in [9.17, 15) is 9.59 Å². The van der Waals surface area contributed by atoms with Crippen molar-refractivity contribution in [2.45, 2.75) is 25.3 Å². The monoisotopic (exact) mass is 306 g/mol. The van der Waals surface area contributed by atoms with E-state index >= 15 is 0 Å². The predicted molar refractivity (Wildman–Crippen MR) is 82.1 cm³/mol. The second kappa shape index (κ2) is 7.15. The lowest BCUT2D eigenvalue weighted by Crippen LogP contribution is -2.40. The van der Waals surface area contributed by atoms with E-state index in [4.69, 9.17) is 9.47 Å². The van der Waals surface area contributed by atoms with Crippen LogP contribution in [0.25, 0.3) is 0 Å². The van der Waals surface area contributed by atoms with E-state index in [1.54, 1.807) is 26.2 Å². The fraction of sp³-hybridized carbons (Fsp3) is 0.500. The number of likely N-dealkylation sites (tertiary alicyclic amines) is 1. The number of aryl methyl sites for hydroxylation is 1. The third-order valence-corrected chi connectivity index (χ3v) is 3.87. The second-order valence-corrected chi connectivity index (χ2v) is 5.32. The van der Waals surface area contributed by atoms with Gasteiger partial charge in [0.25, 0.3) is 0 Å². The molecular formula is C16H22N2O4. The highest BCUT2D eigenvalue weighted by molar-refractivity contribution is 5.89. The molecule has 1 fully saturated rings. The van der Waals surface area contributed by atoms with Gasteiger partial charge in [0.1, 0.15) is 6.04 Å². The molecule has 1 N–H and O–H groups in total. The van der Waals surface area contributed by atoms with Gasteiger partial charge in [-0.3, -0.25) is 9.59 Å². The Hall–Kier alpha value is -2.24. The van der Waals surface area contributed by atoms with Crippen molar-refractivity contribution in [2.24, 2.45) is 0 Å². The molecule has 0 aliphatic carbocycles. The van der Waals surface area contributed by atoms with Gasteiger partial charge in [0, 0.05) is 20.0 Å². The Morgan fingerprint density at radius 3 is 2.73 bits per heavy atom. The first kappa shape index (κ1) is 16.1. The van der Waals surface area contributed by atoms with Crippen molar-refractivity contribution >= 4 is 11.8 Å². The summed E-state index contributed by atoms with van der Waals surface area (Å²) in [4.78, 5) is 25.4. The Morgan fingerprint density at radius 2 is 2.14 bits per heavy atom. The molecule has 1 saturated heterocycles. The molecule has 6 heteroatoms. The zero-order valence-corrected chi connectivity index (χ0v) is 13.2. The number of nitrogens with one attached hydrogen (secondary N) is 1. The number of hydrogen-bond donors (Lipinski definition) is 1. The molecule has 22 heavy (non-hydrogen) atoms. The summed E-state index contributed by atoms with van der Waals surface area (Å²) in [6.45, 7) is 0.688. The van der Waals surface area contributed by atoms with Gasteiger partial charge in [-0.25, -0.2) is 0 Å². The van der Waals surface area contributed by atoms with Crippen LogP contribution >= 0.6 is 0 Å². The fourth-order valence-electron chi connectivity index (χ4n) is 2.62. The molecule has 0 spiro atoms. The molecule has 1 unspecified atom stereocenters. The van der Waals surface area contributed by atoms with Crippen LogP contribution in [0.5, 0.6) is 11.5 Å².